The molecule has 0 saturated carbocycles. The van der Waals surface area contributed by atoms with Crippen molar-refractivity contribution in [3.63, 3.8) is 0 Å². The van der Waals surface area contributed by atoms with E-state index in [0.29, 0.717) is 23.1 Å². The van der Waals surface area contributed by atoms with Crippen molar-refractivity contribution < 1.29 is 14.3 Å². The van der Waals surface area contributed by atoms with Gasteiger partial charge in [-0.05, 0) is 31.0 Å². The first-order valence-electron chi connectivity index (χ1n) is 10.7. The molecule has 0 aliphatic heterocycles. The number of carbonyl (C=O) groups is 2. The minimum Gasteiger partial charge on any atom is -0.465 e. The number of fused-ring (bicyclic) bond motifs is 1. The first-order valence-corrected chi connectivity index (χ1v) is 10.7. The monoisotopic (exact) mass is 436 g/mol. The quantitative estimate of drug-likeness (QED) is 0.548. The predicted octanol–water partition coefficient (Wildman–Crippen LogP) is 3.16. The molecule has 0 aliphatic rings. The summed E-state index contributed by atoms with van der Waals surface area (Å²) in [5.41, 5.74) is 1.33. The molecular weight excluding hydrogens is 408 g/mol. The van der Waals surface area contributed by atoms with Crippen molar-refractivity contribution in [2.24, 2.45) is 7.05 Å². The van der Waals surface area contributed by atoms with Crippen molar-refractivity contribution in [3.8, 4) is 0 Å². The molecule has 0 saturated heterocycles. The lowest BCUT2D eigenvalue weighted by Gasteiger charge is -2.32. The van der Waals surface area contributed by atoms with Crippen LogP contribution in [0.2, 0.25) is 0 Å². The van der Waals surface area contributed by atoms with Crippen LogP contribution in [0.1, 0.15) is 37.7 Å². The van der Waals surface area contributed by atoms with Crippen molar-refractivity contribution in [2.75, 3.05) is 13.2 Å². The summed E-state index contributed by atoms with van der Waals surface area (Å²) in [6, 6.07) is 15.8. The summed E-state index contributed by atoms with van der Waals surface area (Å²) >= 11 is 0. The molecule has 3 rings (SSSR count). The lowest BCUT2D eigenvalue weighted by molar-refractivity contribution is -0.141. The Balaban J connectivity index is 2.00. The molecule has 2 amide bonds. The van der Waals surface area contributed by atoms with Crippen LogP contribution in [0.5, 0.6) is 0 Å². The van der Waals surface area contributed by atoms with Gasteiger partial charge in [-0.25, -0.2) is 9.78 Å². The highest BCUT2D eigenvalue weighted by Crippen LogP contribution is 2.25. The minimum absolute atomic E-state index is 0.171. The molecule has 1 unspecified atom stereocenters. The van der Waals surface area contributed by atoms with E-state index in [-0.39, 0.29) is 25.3 Å². The number of nitrogens with one attached hydrogen (secondary N) is 1. The molecule has 2 aromatic carbocycles. The third kappa shape index (κ3) is 5.14. The maximum atomic E-state index is 13.2. The summed E-state index contributed by atoms with van der Waals surface area (Å²) in [6.45, 7) is 3.93. The minimum atomic E-state index is -0.509. The smallest absolute Gasteiger partial charge is 0.325 e. The molecule has 0 fully saturated rings. The number of urea groups is 1. The van der Waals surface area contributed by atoms with E-state index in [1.54, 1.807) is 37.1 Å². The number of hydrogen-bond acceptors (Lipinski definition) is 5. The molecule has 1 N–H and O–H groups in total. The van der Waals surface area contributed by atoms with Crippen molar-refractivity contribution in [1.82, 2.24) is 19.8 Å². The number of hydrogen-bond donors (Lipinski definition) is 1. The van der Waals surface area contributed by atoms with E-state index in [1.165, 1.54) is 4.57 Å². The molecular formula is C24H28N4O4. The maximum absolute atomic E-state index is 13.2. The molecule has 0 spiro atoms. The highest BCUT2D eigenvalue weighted by Gasteiger charge is 2.28. The van der Waals surface area contributed by atoms with Crippen molar-refractivity contribution in [3.05, 3.63) is 76.3 Å². The first-order chi connectivity index (χ1) is 15.5. The Bertz CT molecular complexity index is 1140. The van der Waals surface area contributed by atoms with Gasteiger partial charge in [0.15, 0.2) is 0 Å². The molecule has 3 aromatic rings. The number of benzene rings is 2. The van der Waals surface area contributed by atoms with Crippen molar-refractivity contribution in [2.45, 2.75) is 32.9 Å². The van der Waals surface area contributed by atoms with Gasteiger partial charge in [-0.2, -0.15) is 0 Å². The normalized spacial score (nSPS) is 11.7. The Morgan fingerprint density at radius 2 is 1.78 bits per heavy atom. The Labute approximate surface area is 186 Å². The number of amides is 2. The van der Waals surface area contributed by atoms with Crippen LogP contribution in [-0.4, -0.2) is 39.6 Å². The van der Waals surface area contributed by atoms with Crippen LogP contribution < -0.4 is 10.9 Å². The van der Waals surface area contributed by atoms with Crippen LogP contribution in [0.4, 0.5) is 4.79 Å². The average Bonchev–Trinajstić information content (AvgIpc) is 2.81. The van der Waals surface area contributed by atoms with Crippen LogP contribution >= 0.6 is 0 Å². The number of rotatable bonds is 8. The first kappa shape index (κ1) is 23.0. The average molecular weight is 437 g/mol. The van der Waals surface area contributed by atoms with E-state index < -0.39 is 18.0 Å². The summed E-state index contributed by atoms with van der Waals surface area (Å²) in [5.74, 6) is -0.0248. The van der Waals surface area contributed by atoms with Gasteiger partial charge in [0.25, 0.3) is 5.56 Å². The lowest BCUT2D eigenvalue weighted by atomic mass is 10.1. The molecule has 0 aliphatic carbocycles. The van der Waals surface area contributed by atoms with Gasteiger partial charge in [0.1, 0.15) is 12.4 Å². The topological polar surface area (TPSA) is 93.5 Å². The molecule has 1 aromatic heterocycles. The SMILES string of the molecule is CCOC(=O)CNC(=O)N(Cc1ccccc1)C(CC)c1nc2ccccc2c(=O)n1C. The van der Waals surface area contributed by atoms with Gasteiger partial charge in [-0.1, -0.05) is 49.4 Å². The highest BCUT2D eigenvalue weighted by molar-refractivity contribution is 5.81. The van der Waals surface area contributed by atoms with Crippen LogP contribution in [0, 0.1) is 0 Å². The Hall–Kier alpha value is -3.68. The second-order valence-corrected chi connectivity index (χ2v) is 7.35. The van der Waals surface area contributed by atoms with Gasteiger partial charge in [0.2, 0.25) is 0 Å². The number of ether oxygens (including phenoxy) is 1. The molecule has 1 atom stereocenters. The van der Waals surface area contributed by atoms with E-state index in [1.807, 2.05) is 43.3 Å². The zero-order valence-corrected chi connectivity index (χ0v) is 18.6. The molecule has 0 radical (unpaired) electrons. The zero-order valence-electron chi connectivity index (χ0n) is 18.6. The molecule has 0 bridgehead atoms. The number of carbonyl (C=O) groups excluding carboxylic acids is 2. The van der Waals surface area contributed by atoms with Crippen LogP contribution in [0.15, 0.2) is 59.4 Å². The summed E-state index contributed by atoms with van der Waals surface area (Å²) in [5, 5.41) is 3.16. The van der Waals surface area contributed by atoms with Gasteiger partial charge >= 0.3 is 12.0 Å². The molecule has 8 heteroatoms. The van der Waals surface area contributed by atoms with Crippen LogP contribution in [0.3, 0.4) is 0 Å². The van der Waals surface area contributed by atoms with Gasteiger partial charge in [0.05, 0.1) is 23.6 Å². The fraction of sp³-hybridized carbons (Fsp3) is 0.333. The molecule has 32 heavy (non-hydrogen) atoms. The van der Waals surface area contributed by atoms with E-state index in [4.69, 9.17) is 9.72 Å². The third-order valence-corrected chi connectivity index (χ3v) is 5.22. The highest BCUT2D eigenvalue weighted by atomic mass is 16.5. The number of para-hydroxylation sites is 1. The van der Waals surface area contributed by atoms with E-state index >= 15 is 0 Å². The number of esters is 1. The largest absolute Gasteiger partial charge is 0.465 e. The summed E-state index contributed by atoms with van der Waals surface area (Å²) in [4.78, 5) is 44.2. The molecule has 8 nitrogen and oxygen atoms in total. The van der Waals surface area contributed by atoms with E-state index in [9.17, 15) is 14.4 Å². The Morgan fingerprint density at radius 3 is 2.47 bits per heavy atom. The number of nitrogens with zero attached hydrogens (tertiary/aromatic N) is 3. The van der Waals surface area contributed by atoms with Crippen molar-refractivity contribution in [1.29, 1.82) is 0 Å². The van der Waals surface area contributed by atoms with Gasteiger partial charge in [0, 0.05) is 13.6 Å². The summed E-state index contributed by atoms with van der Waals surface area (Å²) in [7, 11) is 1.66. The van der Waals surface area contributed by atoms with Crippen molar-refractivity contribution >= 4 is 22.9 Å². The maximum Gasteiger partial charge on any atom is 0.325 e. The fourth-order valence-corrected chi connectivity index (χ4v) is 3.64. The van der Waals surface area contributed by atoms with Gasteiger partial charge < -0.3 is 15.0 Å². The van der Waals surface area contributed by atoms with E-state index in [2.05, 4.69) is 5.32 Å². The zero-order chi connectivity index (χ0) is 23.1. The van der Waals surface area contributed by atoms with Gasteiger partial charge in [-0.15, -0.1) is 0 Å². The Kier molecular flexibility index (Phi) is 7.59. The van der Waals surface area contributed by atoms with Crippen LogP contribution in [0.25, 0.3) is 10.9 Å². The number of aromatic nitrogens is 2. The fourth-order valence-electron chi connectivity index (χ4n) is 3.64. The molecule has 168 valence electrons. The van der Waals surface area contributed by atoms with Gasteiger partial charge in [-0.3, -0.25) is 14.2 Å². The summed E-state index contributed by atoms with van der Waals surface area (Å²) < 4.78 is 6.41. The second-order valence-electron chi connectivity index (χ2n) is 7.35. The second kappa shape index (κ2) is 10.6. The third-order valence-electron chi connectivity index (χ3n) is 5.22. The summed E-state index contributed by atoms with van der Waals surface area (Å²) in [6.07, 6.45) is 0.526. The predicted molar refractivity (Wildman–Crippen MR) is 122 cm³/mol. The Morgan fingerprint density at radius 1 is 1.09 bits per heavy atom. The van der Waals surface area contributed by atoms with Crippen LogP contribution in [-0.2, 0) is 23.1 Å². The lowest BCUT2D eigenvalue weighted by Crippen LogP contribution is -2.45. The molecule has 1 heterocycles. The standard InChI is InChI=1S/C24H28N4O4/c1-4-20(22-26-19-14-10-9-13-18(19)23(30)27(22)3)28(16-17-11-7-6-8-12-17)24(31)25-15-21(29)32-5-2/h6-14,20H,4-5,15-16H2,1-3H3,(H,25,31). The van der Waals surface area contributed by atoms with E-state index in [0.717, 1.165) is 5.56 Å².